The number of carbonyl (C=O) groups excluding carboxylic acids is 1. The molecule has 4 aromatic rings. The highest BCUT2D eigenvalue weighted by molar-refractivity contribution is 5.99. The zero-order chi connectivity index (χ0) is 21.6. The summed E-state index contributed by atoms with van der Waals surface area (Å²) in [6.07, 6.45) is 1.65. The number of rotatable bonds is 6. The maximum Gasteiger partial charge on any atom is 0.323 e. The molecule has 0 aliphatic rings. The maximum absolute atomic E-state index is 12.2. The van der Waals surface area contributed by atoms with E-state index >= 15 is 0 Å². The van der Waals surface area contributed by atoms with Gasteiger partial charge < -0.3 is 19.8 Å². The van der Waals surface area contributed by atoms with Gasteiger partial charge >= 0.3 is 6.03 Å². The van der Waals surface area contributed by atoms with Gasteiger partial charge in [0.1, 0.15) is 17.7 Å². The van der Waals surface area contributed by atoms with E-state index in [1.54, 1.807) is 18.4 Å². The smallest absolute Gasteiger partial charge is 0.323 e. The monoisotopic (exact) mass is 413 g/mol. The molecule has 156 valence electrons. The Bertz CT molecular complexity index is 1150. The summed E-state index contributed by atoms with van der Waals surface area (Å²) in [5.74, 6) is 1.29. The quantitative estimate of drug-likeness (QED) is 0.386. The number of carbonyl (C=O) groups is 1. The van der Waals surface area contributed by atoms with Gasteiger partial charge in [-0.1, -0.05) is 29.8 Å². The second kappa shape index (κ2) is 9.17. The van der Waals surface area contributed by atoms with Crippen molar-refractivity contribution in [2.24, 2.45) is 0 Å². The Balaban J connectivity index is 1.38. The minimum Gasteiger partial charge on any atom is -0.494 e. The highest BCUT2D eigenvalue weighted by Crippen LogP contribution is 2.26. The van der Waals surface area contributed by atoms with Crippen molar-refractivity contribution in [1.82, 2.24) is 4.98 Å². The van der Waals surface area contributed by atoms with Crippen LogP contribution in [-0.2, 0) is 0 Å². The molecule has 0 atom stereocenters. The molecule has 0 saturated carbocycles. The van der Waals surface area contributed by atoms with Crippen molar-refractivity contribution in [2.75, 3.05) is 17.2 Å². The number of nitrogens with one attached hydrogen (secondary N) is 2. The third-order valence-electron chi connectivity index (χ3n) is 4.66. The predicted molar refractivity (Wildman–Crippen MR) is 122 cm³/mol. The predicted octanol–water partition coefficient (Wildman–Crippen LogP) is 6.36. The average molecular weight is 413 g/mol. The molecular formula is C25H23N3O3. The Kier molecular flexibility index (Phi) is 5.98. The number of benzene rings is 3. The van der Waals surface area contributed by atoms with Crippen LogP contribution in [0.1, 0.15) is 12.5 Å². The SMILES string of the molecule is CCOc1ccc(NC(=O)Nc2ccc(-c3nc(-c4ccc(C)cc4)co3)cc2)cc1. The first-order valence-electron chi connectivity index (χ1n) is 10.0. The first kappa shape index (κ1) is 20.2. The number of ether oxygens (including phenoxy) is 1. The first-order valence-corrected chi connectivity index (χ1v) is 10.0. The zero-order valence-electron chi connectivity index (χ0n) is 17.4. The highest BCUT2D eigenvalue weighted by Gasteiger charge is 2.09. The van der Waals surface area contributed by atoms with Gasteiger partial charge in [0, 0.05) is 22.5 Å². The number of hydrogen-bond acceptors (Lipinski definition) is 4. The van der Waals surface area contributed by atoms with Crippen LogP contribution in [0, 0.1) is 6.92 Å². The number of urea groups is 1. The number of amides is 2. The molecule has 2 amide bonds. The maximum atomic E-state index is 12.2. The molecule has 6 nitrogen and oxygen atoms in total. The van der Waals surface area contributed by atoms with E-state index in [1.807, 2.05) is 74.5 Å². The molecule has 0 aliphatic heterocycles. The number of oxazole rings is 1. The molecular weight excluding hydrogens is 390 g/mol. The lowest BCUT2D eigenvalue weighted by Gasteiger charge is -2.09. The van der Waals surface area contributed by atoms with Gasteiger partial charge in [-0.2, -0.15) is 0 Å². The van der Waals surface area contributed by atoms with Crippen LogP contribution in [-0.4, -0.2) is 17.6 Å². The van der Waals surface area contributed by atoms with Crippen molar-refractivity contribution in [3.8, 4) is 28.5 Å². The van der Waals surface area contributed by atoms with E-state index < -0.39 is 0 Å². The topological polar surface area (TPSA) is 76.4 Å². The third kappa shape index (κ3) is 5.11. The lowest BCUT2D eigenvalue weighted by atomic mass is 10.1. The molecule has 2 N–H and O–H groups in total. The summed E-state index contributed by atoms with van der Waals surface area (Å²) >= 11 is 0. The Morgan fingerprint density at radius 3 is 2.06 bits per heavy atom. The van der Waals surface area contributed by atoms with Crippen LogP contribution in [0.2, 0.25) is 0 Å². The second-order valence-electron chi connectivity index (χ2n) is 7.02. The molecule has 0 bridgehead atoms. The summed E-state index contributed by atoms with van der Waals surface area (Å²) in [4.78, 5) is 16.8. The van der Waals surface area contributed by atoms with Gasteiger partial charge in [-0.15, -0.1) is 0 Å². The van der Waals surface area contributed by atoms with Crippen LogP contribution in [0.5, 0.6) is 5.75 Å². The van der Waals surface area contributed by atoms with Crippen LogP contribution in [0.4, 0.5) is 16.2 Å². The Labute approximate surface area is 180 Å². The van der Waals surface area contributed by atoms with Gasteiger partial charge in [0.25, 0.3) is 0 Å². The molecule has 0 aliphatic carbocycles. The van der Waals surface area contributed by atoms with Crippen LogP contribution in [0.25, 0.3) is 22.7 Å². The van der Waals surface area contributed by atoms with E-state index in [4.69, 9.17) is 9.15 Å². The van der Waals surface area contributed by atoms with E-state index in [0.29, 0.717) is 23.9 Å². The Hall–Kier alpha value is -4.06. The van der Waals surface area contributed by atoms with Crippen molar-refractivity contribution in [3.63, 3.8) is 0 Å². The minimum absolute atomic E-state index is 0.324. The largest absolute Gasteiger partial charge is 0.494 e. The molecule has 6 heteroatoms. The molecule has 4 rings (SSSR count). The molecule has 31 heavy (non-hydrogen) atoms. The van der Waals surface area contributed by atoms with E-state index in [-0.39, 0.29) is 6.03 Å². The third-order valence-corrected chi connectivity index (χ3v) is 4.66. The average Bonchev–Trinajstić information content (AvgIpc) is 3.26. The molecule has 0 spiro atoms. The van der Waals surface area contributed by atoms with Crippen LogP contribution in [0.3, 0.4) is 0 Å². The molecule has 0 saturated heterocycles. The van der Waals surface area contributed by atoms with E-state index in [1.165, 1.54) is 5.56 Å². The highest BCUT2D eigenvalue weighted by atomic mass is 16.5. The van der Waals surface area contributed by atoms with Gasteiger partial charge in [0.15, 0.2) is 0 Å². The van der Waals surface area contributed by atoms with Crippen LogP contribution >= 0.6 is 0 Å². The second-order valence-corrected chi connectivity index (χ2v) is 7.02. The Morgan fingerprint density at radius 2 is 1.45 bits per heavy atom. The summed E-state index contributed by atoms with van der Waals surface area (Å²) in [6.45, 7) is 4.58. The molecule has 1 heterocycles. The fourth-order valence-corrected chi connectivity index (χ4v) is 3.05. The van der Waals surface area contributed by atoms with Gasteiger partial charge in [0.05, 0.1) is 6.61 Å². The van der Waals surface area contributed by atoms with Crippen molar-refractivity contribution < 1.29 is 13.9 Å². The Morgan fingerprint density at radius 1 is 0.871 bits per heavy atom. The number of hydrogen-bond donors (Lipinski definition) is 2. The summed E-state index contributed by atoms with van der Waals surface area (Å²) < 4.78 is 11.0. The number of aryl methyl sites for hydroxylation is 1. The normalized spacial score (nSPS) is 10.5. The first-order chi connectivity index (χ1) is 15.1. The molecule has 1 aromatic heterocycles. The van der Waals surface area contributed by atoms with E-state index in [9.17, 15) is 4.79 Å². The van der Waals surface area contributed by atoms with Gasteiger partial charge in [-0.05, 0) is 62.4 Å². The van der Waals surface area contributed by atoms with Crippen molar-refractivity contribution >= 4 is 17.4 Å². The summed E-state index contributed by atoms with van der Waals surface area (Å²) in [7, 11) is 0. The molecule has 0 radical (unpaired) electrons. The van der Waals surface area contributed by atoms with Gasteiger partial charge in [0.2, 0.25) is 5.89 Å². The number of nitrogens with zero attached hydrogens (tertiary/aromatic N) is 1. The zero-order valence-corrected chi connectivity index (χ0v) is 17.4. The molecule has 3 aromatic carbocycles. The summed E-state index contributed by atoms with van der Waals surface area (Å²) in [6, 6.07) is 22.4. The van der Waals surface area contributed by atoms with E-state index in [0.717, 1.165) is 22.6 Å². The van der Waals surface area contributed by atoms with Crippen molar-refractivity contribution in [3.05, 3.63) is 84.6 Å². The lowest BCUT2D eigenvalue weighted by Crippen LogP contribution is -2.19. The van der Waals surface area contributed by atoms with Crippen molar-refractivity contribution in [2.45, 2.75) is 13.8 Å². The number of anilines is 2. The van der Waals surface area contributed by atoms with Gasteiger partial charge in [-0.3, -0.25) is 0 Å². The fraction of sp³-hybridized carbons (Fsp3) is 0.120. The summed E-state index contributed by atoms with van der Waals surface area (Å²) in [5, 5.41) is 5.61. The molecule has 0 fully saturated rings. The van der Waals surface area contributed by atoms with Crippen LogP contribution < -0.4 is 15.4 Å². The van der Waals surface area contributed by atoms with E-state index in [2.05, 4.69) is 15.6 Å². The van der Waals surface area contributed by atoms with Crippen LogP contribution in [0.15, 0.2) is 83.5 Å². The summed E-state index contributed by atoms with van der Waals surface area (Å²) in [5.41, 5.74) is 5.16. The standard InChI is InChI=1S/C25H23N3O3/c1-3-30-22-14-12-21(13-15-22)27-25(29)26-20-10-8-19(9-11-20)24-28-23(16-31-24)18-6-4-17(2)5-7-18/h4-16H,3H2,1-2H3,(H2,26,27,29). The minimum atomic E-state index is -0.324. The number of aromatic nitrogens is 1. The van der Waals surface area contributed by atoms with Gasteiger partial charge in [-0.25, -0.2) is 9.78 Å². The van der Waals surface area contributed by atoms with Crippen molar-refractivity contribution in [1.29, 1.82) is 0 Å². The lowest BCUT2D eigenvalue weighted by molar-refractivity contribution is 0.262. The fourth-order valence-electron chi connectivity index (χ4n) is 3.05. The molecule has 0 unspecified atom stereocenters.